The molecule has 0 saturated carbocycles. The van der Waals surface area contributed by atoms with Gasteiger partial charge in [0.15, 0.2) is 0 Å². The first-order valence-corrected chi connectivity index (χ1v) is 7.00. The number of carbonyl (C=O) groups is 1. The minimum absolute atomic E-state index is 0.0705. The lowest BCUT2D eigenvalue weighted by Gasteiger charge is -2.15. The molecule has 22 heavy (non-hydrogen) atoms. The van der Waals surface area contributed by atoms with Crippen molar-refractivity contribution in [3.63, 3.8) is 0 Å². The highest BCUT2D eigenvalue weighted by molar-refractivity contribution is 5.79. The van der Waals surface area contributed by atoms with E-state index in [1.54, 1.807) is 24.4 Å². The minimum atomic E-state index is -2.96. The van der Waals surface area contributed by atoms with Crippen LogP contribution in [0.2, 0.25) is 0 Å². The minimum Gasteiger partial charge on any atom is -0.352 e. The lowest BCUT2D eigenvalue weighted by atomic mass is 10.00. The maximum Gasteiger partial charge on any atom is 0.270 e. The molecular weight excluding hydrogens is 286 g/mol. The standard InChI is InChI=1S/C17H18F2N2O/c1-12-7-8-13(10-20-12)11-21-16(22)9-14-5-3-4-6-15(14)17(2,18)19/h3-8,10H,9,11H2,1-2H3,(H,21,22). The van der Waals surface area contributed by atoms with E-state index in [1.165, 1.54) is 6.07 Å². The van der Waals surface area contributed by atoms with Crippen LogP contribution in [0, 0.1) is 6.92 Å². The zero-order valence-corrected chi connectivity index (χ0v) is 12.6. The predicted molar refractivity (Wildman–Crippen MR) is 80.5 cm³/mol. The lowest BCUT2D eigenvalue weighted by Crippen LogP contribution is -2.26. The Labute approximate surface area is 128 Å². The molecule has 2 aromatic rings. The molecular formula is C17H18F2N2O. The van der Waals surface area contributed by atoms with Crippen LogP contribution in [0.1, 0.15) is 29.3 Å². The Bertz CT molecular complexity index is 648. The number of aryl methyl sites for hydroxylation is 1. The molecule has 0 unspecified atom stereocenters. The number of amides is 1. The van der Waals surface area contributed by atoms with Gasteiger partial charge in [0.25, 0.3) is 5.92 Å². The van der Waals surface area contributed by atoms with Crippen molar-refractivity contribution in [2.75, 3.05) is 0 Å². The number of nitrogens with zero attached hydrogens (tertiary/aromatic N) is 1. The van der Waals surface area contributed by atoms with E-state index in [-0.39, 0.29) is 17.9 Å². The number of carbonyl (C=O) groups excluding carboxylic acids is 1. The van der Waals surface area contributed by atoms with Crippen LogP contribution in [0.5, 0.6) is 0 Å². The van der Waals surface area contributed by atoms with Crippen LogP contribution in [0.15, 0.2) is 42.6 Å². The van der Waals surface area contributed by atoms with Gasteiger partial charge < -0.3 is 5.32 Å². The highest BCUT2D eigenvalue weighted by Crippen LogP contribution is 2.29. The molecule has 1 aromatic heterocycles. The Morgan fingerprint density at radius 3 is 2.59 bits per heavy atom. The summed E-state index contributed by atoms with van der Waals surface area (Å²) in [6.07, 6.45) is 1.61. The molecule has 116 valence electrons. The van der Waals surface area contributed by atoms with E-state index >= 15 is 0 Å². The van der Waals surface area contributed by atoms with E-state index in [2.05, 4.69) is 10.3 Å². The zero-order valence-electron chi connectivity index (χ0n) is 12.6. The molecule has 0 spiro atoms. The molecule has 1 heterocycles. The SMILES string of the molecule is Cc1ccc(CNC(=O)Cc2ccccc2C(C)(F)F)cn1. The number of hydrogen-bond acceptors (Lipinski definition) is 2. The summed E-state index contributed by atoms with van der Waals surface area (Å²) in [5.74, 6) is -3.25. The number of halogens is 2. The molecule has 1 aromatic carbocycles. The van der Waals surface area contributed by atoms with Crippen LogP contribution >= 0.6 is 0 Å². The van der Waals surface area contributed by atoms with Crippen molar-refractivity contribution in [3.05, 3.63) is 65.0 Å². The summed E-state index contributed by atoms with van der Waals surface area (Å²) in [5.41, 5.74) is 2.00. The number of nitrogens with one attached hydrogen (secondary N) is 1. The third kappa shape index (κ3) is 4.35. The Morgan fingerprint density at radius 2 is 1.95 bits per heavy atom. The average Bonchev–Trinajstić information content (AvgIpc) is 2.46. The molecule has 0 radical (unpaired) electrons. The second-order valence-electron chi connectivity index (χ2n) is 5.31. The molecule has 2 rings (SSSR count). The monoisotopic (exact) mass is 304 g/mol. The van der Waals surface area contributed by atoms with Crippen LogP contribution in [0.4, 0.5) is 8.78 Å². The fraction of sp³-hybridized carbons (Fsp3) is 0.294. The van der Waals surface area contributed by atoms with Crippen LogP contribution < -0.4 is 5.32 Å². The molecule has 1 N–H and O–H groups in total. The summed E-state index contributed by atoms with van der Waals surface area (Å²) in [6.45, 7) is 3.04. The van der Waals surface area contributed by atoms with E-state index < -0.39 is 5.92 Å². The van der Waals surface area contributed by atoms with Crippen LogP contribution in [0.3, 0.4) is 0 Å². The van der Waals surface area contributed by atoms with Crippen LogP contribution in [-0.4, -0.2) is 10.9 Å². The first-order chi connectivity index (χ1) is 10.4. The molecule has 0 saturated heterocycles. The van der Waals surface area contributed by atoms with Gasteiger partial charge in [0, 0.05) is 30.9 Å². The number of alkyl halides is 2. The number of hydrogen-bond donors (Lipinski definition) is 1. The Kier molecular flexibility index (Phi) is 4.85. The fourth-order valence-electron chi connectivity index (χ4n) is 2.14. The van der Waals surface area contributed by atoms with E-state index in [0.29, 0.717) is 12.1 Å². The number of benzene rings is 1. The van der Waals surface area contributed by atoms with Gasteiger partial charge in [-0.2, -0.15) is 0 Å². The zero-order chi connectivity index (χ0) is 16.2. The first kappa shape index (κ1) is 16.1. The lowest BCUT2D eigenvalue weighted by molar-refractivity contribution is -0.120. The van der Waals surface area contributed by atoms with Gasteiger partial charge in [0.05, 0.1) is 6.42 Å². The van der Waals surface area contributed by atoms with Gasteiger partial charge >= 0.3 is 0 Å². The number of pyridine rings is 1. The average molecular weight is 304 g/mol. The smallest absolute Gasteiger partial charge is 0.270 e. The molecule has 0 aliphatic heterocycles. The van der Waals surface area contributed by atoms with E-state index in [0.717, 1.165) is 18.2 Å². The van der Waals surface area contributed by atoms with Gasteiger partial charge in [-0.1, -0.05) is 30.3 Å². The van der Waals surface area contributed by atoms with Crippen LogP contribution in [0.25, 0.3) is 0 Å². The fourth-order valence-corrected chi connectivity index (χ4v) is 2.14. The highest BCUT2D eigenvalue weighted by atomic mass is 19.3. The second-order valence-corrected chi connectivity index (χ2v) is 5.31. The third-order valence-corrected chi connectivity index (χ3v) is 3.30. The number of aromatic nitrogens is 1. The van der Waals surface area contributed by atoms with Gasteiger partial charge in [0.1, 0.15) is 0 Å². The molecule has 3 nitrogen and oxygen atoms in total. The van der Waals surface area contributed by atoms with Crippen molar-refractivity contribution < 1.29 is 13.6 Å². The predicted octanol–water partition coefficient (Wildman–Crippen LogP) is 3.36. The summed E-state index contributed by atoms with van der Waals surface area (Å²) in [7, 11) is 0. The topological polar surface area (TPSA) is 42.0 Å². The third-order valence-electron chi connectivity index (χ3n) is 3.30. The van der Waals surface area contributed by atoms with Crippen molar-refractivity contribution in [1.29, 1.82) is 0 Å². The van der Waals surface area contributed by atoms with E-state index in [1.807, 2.05) is 19.1 Å². The first-order valence-electron chi connectivity index (χ1n) is 7.00. The summed E-state index contributed by atoms with van der Waals surface area (Å²) >= 11 is 0. The summed E-state index contributed by atoms with van der Waals surface area (Å²) in [4.78, 5) is 16.1. The van der Waals surface area contributed by atoms with Crippen molar-refractivity contribution in [2.24, 2.45) is 0 Å². The molecule has 0 bridgehead atoms. The van der Waals surface area contributed by atoms with Crippen molar-refractivity contribution >= 4 is 5.91 Å². The van der Waals surface area contributed by atoms with Crippen molar-refractivity contribution in [3.8, 4) is 0 Å². The summed E-state index contributed by atoms with van der Waals surface area (Å²) in [6, 6.07) is 9.84. The van der Waals surface area contributed by atoms with E-state index in [9.17, 15) is 13.6 Å². The van der Waals surface area contributed by atoms with Crippen molar-refractivity contribution in [2.45, 2.75) is 32.7 Å². The van der Waals surface area contributed by atoms with Crippen molar-refractivity contribution in [1.82, 2.24) is 10.3 Å². The largest absolute Gasteiger partial charge is 0.352 e. The second kappa shape index (κ2) is 6.64. The van der Waals surface area contributed by atoms with Gasteiger partial charge in [0.2, 0.25) is 5.91 Å². The Hall–Kier alpha value is -2.30. The normalized spacial score (nSPS) is 11.3. The van der Waals surface area contributed by atoms with Gasteiger partial charge in [-0.05, 0) is 24.1 Å². The molecule has 0 fully saturated rings. The maximum atomic E-state index is 13.5. The van der Waals surface area contributed by atoms with Gasteiger partial charge in [-0.25, -0.2) is 8.78 Å². The summed E-state index contributed by atoms with van der Waals surface area (Å²) < 4.78 is 27.0. The molecule has 0 aliphatic carbocycles. The molecule has 0 atom stereocenters. The number of rotatable bonds is 5. The van der Waals surface area contributed by atoms with E-state index in [4.69, 9.17) is 0 Å². The Balaban J connectivity index is 1.99. The quantitative estimate of drug-likeness (QED) is 0.920. The van der Waals surface area contributed by atoms with Gasteiger partial charge in [-0.3, -0.25) is 9.78 Å². The molecule has 0 aliphatic rings. The van der Waals surface area contributed by atoms with Crippen LogP contribution in [-0.2, 0) is 23.7 Å². The maximum absolute atomic E-state index is 13.5. The van der Waals surface area contributed by atoms with Gasteiger partial charge in [-0.15, -0.1) is 0 Å². The molecule has 5 heteroatoms. The molecule has 1 amide bonds. The highest BCUT2D eigenvalue weighted by Gasteiger charge is 2.27. The Morgan fingerprint density at radius 1 is 1.23 bits per heavy atom. The summed E-state index contributed by atoms with van der Waals surface area (Å²) in [5, 5.41) is 2.72.